The fourth-order valence-electron chi connectivity index (χ4n) is 4.57. The highest BCUT2D eigenvalue weighted by Gasteiger charge is 2.26. The van der Waals surface area contributed by atoms with E-state index in [4.69, 9.17) is 0 Å². The maximum absolute atomic E-state index is 13.4. The number of aryl methyl sites for hydroxylation is 4. The summed E-state index contributed by atoms with van der Waals surface area (Å²) in [5.74, 6) is -0.0183. The summed E-state index contributed by atoms with van der Waals surface area (Å²) in [5.41, 5.74) is 6.25. The second-order valence-corrected chi connectivity index (χ2v) is 8.77. The van der Waals surface area contributed by atoms with Gasteiger partial charge in [-0.25, -0.2) is 9.50 Å². The average Bonchev–Trinajstić information content (AvgIpc) is 3.55. The first kappa shape index (κ1) is 22.3. The molecule has 10 heteroatoms. The largest absolute Gasteiger partial charge is 0.336 e. The molecule has 1 aliphatic rings. The summed E-state index contributed by atoms with van der Waals surface area (Å²) in [5, 5.41) is 13.6. The Hall–Kier alpha value is -3.53. The molecule has 34 heavy (non-hydrogen) atoms. The minimum atomic E-state index is -0.0183. The van der Waals surface area contributed by atoms with Gasteiger partial charge >= 0.3 is 0 Å². The van der Waals surface area contributed by atoms with Gasteiger partial charge in [-0.3, -0.25) is 19.1 Å². The van der Waals surface area contributed by atoms with Crippen molar-refractivity contribution in [3.63, 3.8) is 0 Å². The van der Waals surface area contributed by atoms with Gasteiger partial charge in [-0.05, 0) is 33.8 Å². The molecule has 0 atom stereocenters. The molecule has 5 heterocycles. The number of carbonyl (C=O) groups excluding carboxylic acids is 1. The lowest BCUT2D eigenvalue weighted by molar-refractivity contribution is 0.0630. The monoisotopic (exact) mass is 461 g/mol. The molecule has 0 bridgehead atoms. The summed E-state index contributed by atoms with van der Waals surface area (Å²) >= 11 is 0. The Kier molecular flexibility index (Phi) is 5.91. The maximum atomic E-state index is 13.4. The minimum Gasteiger partial charge on any atom is -0.336 e. The van der Waals surface area contributed by atoms with Gasteiger partial charge in [0.25, 0.3) is 5.91 Å². The van der Waals surface area contributed by atoms with Crippen LogP contribution in [0.2, 0.25) is 0 Å². The predicted molar refractivity (Wildman–Crippen MR) is 128 cm³/mol. The molecule has 0 spiro atoms. The summed E-state index contributed by atoms with van der Waals surface area (Å²) < 4.78 is 5.63. The van der Waals surface area contributed by atoms with Crippen LogP contribution in [0, 0.1) is 13.8 Å². The maximum Gasteiger partial charge on any atom is 0.259 e. The van der Waals surface area contributed by atoms with Crippen LogP contribution in [0.15, 0.2) is 30.9 Å². The fraction of sp³-hybridized carbons (Fsp3) is 0.458. The van der Waals surface area contributed by atoms with Crippen molar-refractivity contribution in [1.29, 1.82) is 0 Å². The highest BCUT2D eigenvalue weighted by atomic mass is 16.2. The fourth-order valence-corrected chi connectivity index (χ4v) is 4.57. The van der Waals surface area contributed by atoms with Gasteiger partial charge in [0.05, 0.1) is 23.3 Å². The number of hydrogen-bond acceptors (Lipinski definition) is 6. The topological polar surface area (TPSA) is 89.4 Å². The van der Waals surface area contributed by atoms with E-state index in [-0.39, 0.29) is 5.91 Å². The Balaban J connectivity index is 1.31. The molecule has 1 aliphatic heterocycles. The van der Waals surface area contributed by atoms with Crippen molar-refractivity contribution in [2.24, 2.45) is 0 Å². The molecule has 0 unspecified atom stereocenters. The number of rotatable bonds is 6. The first-order chi connectivity index (χ1) is 16.5. The molecule has 0 radical (unpaired) electrons. The Bertz CT molecular complexity index is 1320. The van der Waals surface area contributed by atoms with E-state index in [9.17, 15) is 4.79 Å². The zero-order valence-electron chi connectivity index (χ0n) is 20.3. The first-order valence-corrected chi connectivity index (χ1v) is 11.9. The number of hydrogen-bond donors (Lipinski definition) is 0. The summed E-state index contributed by atoms with van der Waals surface area (Å²) in [7, 11) is 0. The van der Waals surface area contributed by atoms with Crippen LogP contribution >= 0.6 is 0 Å². The third-order valence-electron chi connectivity index (χ3n) is 6.60. The number of piperazine rings is 1. The van der Waals surface area contributed by atoms with E-state index in [1.807, 2.05) is 33.5 Å². The van der Waals surface area contributed by atoms with Crippen LogP contribution in [0.4, 0.5) is 0 Å². The van der Waals surface area contributed by atoms with E-state index in [1.165, 1.54) is 5.56 Å². The highest BCUT2D eigenvalue weighted by Crippen LogP contribution is 2.24. The summed E-state index contributed by atoms with van der Waals surface area (Å²) in [6.07, 6.45) is 7.52. The third kappa shape index (κ3) is 3.98. The minimum absolute atomic E-state index is 0.0183. The van der Waals surface area contributed by atoms with E-state index >= 15 is 0 Å². The van der Waals surface area contributed by atoms with Crippen LogP contribution in [0.3, 0.4) is 0 Å². The van der Waals surface area contributed by atoms with Crippen LogP contribution < -0.4 is 0 Å². The lowest BCUT2D eigenvalue weighted by Crippen LogP contribution is -2.48. The molecule has 10 nitrogen and oxygen atoms in total. The predicted octanol–water partition coefficient (Wildman–Crippen LogP) is 2.40. The van der Waals surface area contributed by atoms with Crippen molar-refractivity contribution >= 4 is 11.6 Å². The number of fused-ring (bicyclic) bond motifs is 1. The van der Waals surface area contributed by atoms with Crippen LogP contribution in [0.5, 0.6) is 0 Å². The van der Waals surface area contributed by atoms with E-state index in [2.05, 4.69) is 52.1 Å². The molecular weight excluding hydrogens is 430 g/mol. The molecule has 5 rings (SSSR count). The van der Waals surface area contributed by atoms with Crippen molar-refractivity contribution in [3.05, 3.63) is 53.4 Å². The Morgan fingerprint density at radius 2 is 1.68 bits per heavy atom. The average molecular weight is 462 g/mol. The van der Waals surface area contributed by atoms with Gasteiger partial charge in [-0.15, -0.1) is 0 Å². The van der Waals surface area contributed by atoms with Gasteiger partial charge < -0.3 is 4.90 Å². The van der Waals surface area contributed by atoms with Gasteiger partial charge in [0.2, 0.25) is 0 Å². The number of nitrogens with zero attached hydrogens (tertiary/aromatic N) is 9. The second kappa shape index (κ2) is 9.02. The van der Waals surface area contributed by atoms with Crippen molar-refractivity contribution in [1.82, 2.24) is 44.0 Å². The van der Waals surface area contributed by atoms with Crippen molar-refractivity contribution in [3.8, 4) is 11.3 Å². The highest BCUT2D eigenvalue weighted by molar-refractivity contribution is 6.00. The van der Waals surface area contributed by atoms with E-state index < -0.39 is 0 Å². The molecule has 4 aromatic rings. The summed E-state index contributed by atoms with van der Waals surface area (Å²) in [4.78, 5) is 22.2. The van der Waals surface area contributed by atoms with Crippen LogP contribution in [-0.2, 0) is 19.6 Å². The second-order valence-electron chi connectivity index (χ2n) is 8.77. The zero-order valence-corrected chi connectivity index (χ0v) is 20.3. The van der Waals surface area contributed by atoms with E-state index in [0.29, 0.717) is 24.3 Å². The van der Waals surface area contributed by atoms with Crippen molar-refractivity contribution in [2.45, 2.75) is 47.3 Å². The molecule has 0 saturated carbocycles. The van der Waals surface area contributed by atoms with Gasteiger partial charge in [-0.2, -0.15) is 15.3 Å². The summed E-state index contributed by atoms with van der Waals surface area (Å²) in [6.45, 7) is 13.7. The molecule has 0 aliphatic carbocycles. The zero-order chi connectivity index (χ0) is 23.8. The van der Waals surface area contributed by atoms with E-state index in [1.54, 1.807) is 16.9 Å². The van der Waals surface area contributed by atoms with Crippen LogP contribution in [0.25, 0.3) is 16.9 Å². The smallest absolute Gasteiger partial charge is 0.259 e. The Morgan fingerprint density at radius 3 is 2.35 bits per heavy atom. The van der Waals surface area contributed by atoms with E-state index in [0.717, 1.165) is 55.4 Å². The molecule has 4 aromatic heterocycles. The third-order valence-corrected chi connectivity index (χ3v) is 6.60. The van der Waals surface area contributed by atoms with Crippen LogP contribution in [-0.4, -0.2) is 76.0 Å². The lowest BCUT2D eigenvalue weighted by atomic mass is 10.2. The van der Waals surface area contributed by atoms with Gasteiger partial charge in [0.1, 0.15) is 5.56 Å². The molecule has 0 N–H and O–H groups in total. The normalized spacial score (nSPS) is 14.9. The number of amides is 1. The SMILES string of the molecule is CCn1cc(CN2CCN(C(=O)c3cnn4c(-c5cn(CC)nc5C)ccnc34)CC2)c(C)n1. The molecule has 178 valence electrons. The van der Waals surface area contributed by atoms with Gasteiger partial charge in [0, 0.05) is 75.5 Å². The molecule has 1 amide bonds. The molecular formula is C24H31N9O. The molecule has 0 aromatic carbocycles. The molecule has 1 saturated heterocycles. The number of carbonyl (C=O) groups is 1. The number of aromatic nitrogens is 7. The lowest BCUT2D eigenvalue weighted by Gasteiger charge is -2.34. The van der Waals surface area contributed by atoms with Gasteiger partial charge in [-0.1, -0.05) is 0 Å². The first-order valence-electron chi connectivity index (χ1n) is 11.9. The van der Waals surface area contributed by atoms with Crippen molar-refractivity contribution in [2.75, 3.05) is 26.2 Å². The van der Waals surface area contributed by atoms with Crippen LogP contribution in [0.1, 0.15) is 41.2 Å². The quantitative estimate of drug-likeness (QED) is 0.438. The Morgan fingerprint density at radius 1 is 0.971 bits per heavy atom. The summed E-state index contributed by atoms with van der Waals surface area (Å²) in [6, 6.07) is 1.92. The van der Waals surface area contributed by atoms with Crippen molar-refractivity contribution < 1.29 is 4.79 Å². The standard InChI is InChI=1S/C24H31N9O/c1-5-31-15-19(17(3)27-31)14-29-9-11-30(12-10-29)24(34)20-13-26-33-22(7-8-25-23(20)33)21-16-32(6-2)28-18(21)4/h7-8,13,15-16H,5-6,9-12,14H2,1-4H3. The van der Waals surface area contributed by atoms with Gasteiger partial charge in [0.15, 0.2) is 5.65 Å². The molecule has 1 fully saturated rings. The Labute approximate surface area is 198 Å².